The minimum Gasteiger partial charge on any atom is -0.495 e. The van der Waals surface area contributed by atoms with E-state index in [4.69, 9.17) is 21.3 Å². The van der Waals surface area contributed by atoms with Crippen molar-refractivity contribution in [2.45, 2.75) is 25.4 Å². The number of ether oxygens (including phenoxy) is 1. The molecule has 0 unspecified atom stereocenters. The van der Waals surface area contributed by atoms with Crippen molar-refractivity contribution >= 4 is 40.0 Å². The average molecular weight is 541 g/mol. The lowest BCUT2D eigenvalue weighted by Crippen LogP contribution is -2.51. The molecule has 3 aliphatic rings. The second-order valence-corrected chi connectivity index (χ2v) is 11.1. The molecule has 3 aliphatic heterocycles. The Labute approximate surface area is 229 Å². The molecule has 7 rings (SSSR count). The Hall–Kier alpha value is -4.01. The van der Waals surface area contributed by atoms with Crippen molar-refractivity contribution in [2.24, 2.45) is 17.8 Å². The smallest absolute Gasteiger partial charge is 0.266 e. The van der Waals surface area contributed by atoms with Crippen LogP contribution in [0.2, 0.25) is 5.02 Å². The van der Waals surface area contributed by atoms with E-state index in [1.807, 2.05) is 50.2 Å². The van der Waals surface area contributed by atoms with Crippen LogP contribution in [0.3, 0.4) is 0 Å². The summed E-state index contributed by atoms with van der Waals surface area (Å²) in [6.45, 7) is 4.05. The number of nitrogens with zero attached hydrogens (tertiary/aromatic N) is 3. The van der Waals surface area contributed by atoms with E-state index in [0.717, 1.165) is 5.56 Å². The van der Waals surface area contributed by atoms with Crippen LogP contribution in [-0.4, -0.2) is 34.5 Å². The molecule has 4 heterocycles. The molecule has 9 heteroatoms. The van der Waals surface area contributed by atoms with Crippen LogP contribution in [0.5, 0.6) is 5.75 Å². The molecule has 0 aliphatic carbocycles. The number of rotatable bonds is 3. The minimum atomic E-state index is -1.19. The Kier molecular flexibility index (Phi) is 5.09. The number of methoxy groups -OCH3 is 1. The van der Waals surface area contributed by atoms with E-state index in [-0.39, 0.29) is 29.3 Å². The number of amides is 2. The number of benzene rings is 3. The molecular weight excluding hydrogens is 516 g/mol. The predicted octanol–water partition coefficient (Wildman–Crippen LogP) is 4.04. The van der Waals surface area contributed by atoms with Crippen LogP contribution in [0.25, 0.3) is 16.6 Å². The van der Waals surface area contributed by atoms with Gasteiger partial charge < -0.3 is 4.74 Å². The van der Waals surface area contributed by atoms with Gasteiger partial charge in [-0.3, -0.25) is 24.3 Å². The number of anilines is 1. The van der Waals surface area contributed by atoms with Gasteiger partial charge in [-0.25, -0.2) is 9.88 Å². The van der Waals surface area contributed by atoms with Crippen LogP contribution in [0.1, 0.15) is 25.2 Å². The topological polar surface area (TPSA) is 93.5 Å². The van der Waals surface area contributed by atoms with Gasteiger partial charge in [-0.1, -0.05) is 55.8 Å². The van der Waals surface area contributed by atoms with Crippen molar-refractivity contribution in [3.63, 3.8) is 0 Å². The Bertz CT molecular complexity index is 1780. The van der Waals surface area contributed by atoms with Crippen LogP contribution in [0.15, 0.2) is 71.5 Å². The fourth-order valence-electron chi connectivity index (χ4n) is 6.80. The predicted molar refractivity (Wildman–Crippen MR) is 147 cm³/mol. The van der Waals surface area contributed by atoms with E-state index in [2.05, 4.69) is 5.32 Å². The van der Waals surface area contributed by atoms with Gasteiger partial charge in [0.1, 0.15) is 17.1 Å². The number of fused-ring (bicyclic) bond motifs is 8. The highest BCUT2D eigenvalue weighted by molar-refractivity contribution is 6.31. The van der Waals surface area contributed by atoms with E-state index < -0.39 is 17.4 Å². The number of carbonyl (C=O) groups is 2. The first kappa shape index (κ1) is 24.1. The SMILES string of the molecule is COc1ccc(Cl)cc1N1C(=O)[C@@H]2[C@H](C(C)C)N[C@@]3(c4ccccc4-n4c3nc3ccccc3c4=O)[C@H]2C1=O. The van der Waals surface area contributed by atoms with Crippen LogP contribution < -0.4 is 20.5 Å². The summed E-state index contributed by atoms with van der Waals surface area (Å²) in [6.07, 6.45) is 0. The maximum atomic E-state index is 14.5. The first-order valence-electron chi connectivity index (χ1n) is 12.9. The van der Waals surface area contributed by atoms with Crippen molar-refractivity contribution in [1.29, 1.82) is 0 Å². The first-order valence-corrected chi connectivity index (χ1v) is 13.3. The molecule has 39 heavy (non-hydrogen) atoms. The fourth-order valence-corrected chi connectivity index (χ4v) is 6.97. The number of imide groups is 1. The van der Waals surface area contributed by atoms with Gasteiger partial charge >= 0.3 is 0 Å². The largest absolute Gasteiger partial charge is 0.495 e. The zero-order chi connectivity index (χ0) is 27.2. The molecule has 2 saturated heterocycles. The lowest BCUT2D eigenvalue weighted by molar-refractivity contribution is -0.123. The van der Waals surface area contributed by atoms with Gasteiger partial charge in [-0.05, 0) is 42.3 Å². The second-order valence-electron chi connectivity index (χ2n) is 10.7. The Morgan fingerprint density at radius 2 is 1.72 bits per heavy atom. The number of nitrogens with one attached hydrogen (secondary N) is 1. The van der Waals surface area contributed by atoms with Gasteiger partial charge in [0.15, 0.2) is 0 Å². The van der Waals surface area contributed by atoms with Gasteiger partial charge in [0, 0.05) is 16.6 Å². The third-order valence-corrected chi connectivity index (χ3v) is 8.63. The zero-order valence-corrected chi connectivity index (χ0v) is 22.3. The van der Waals surface area contributed by atoms with Crippen molar-refractivity contribution in [3.8, 4) is 11.4 Å². The summed E-state index contributed by atoms with van der Waals surface area (Å²) in [4.78, 5) is 48.8. The molecule has 3 aromatic carbocycles. The number of halogens is 1. The molecule has 4 aromatic rings. The molecule has 4 atom stereocenters. The lowest BCUT2D eigenvalue weighted by Gasteiger charge is -2.32. The third kappa shape index (κ3) is 2.98. The van der Waals surface area contributed by atoms with Crippen LogP contribution in [0.4, 0.5) is 5.69 Å². The normalized spacial score (nSPS) is 25.1. The van der Waals surface area contributed by atoms with E-state index in [1.54, 1.807) is 34.9 Å². The molecule has 0 bridgehead atoms. The minimum absolute atomic E-state index is 0.00298. The molecular formula is C30H25ClN4O4. The van der Waals surface area contributed by atoms with Gasteiger partial charge in [0.25, 0.3) is 5.56 Å². The maximum Gasteiger partial charge on any atom is 0.266 e. The van der Waals surface area contributed by atoms with Gasteiger partial charge in [0.2, 0.25) is 11.8 Å². The van der Waals surface area contributed by atoms with Crippen LogP contribution >= 0.6 is 11.6 Å². The Morgan fingerprint density at radius 1 is 0.974 bits per heavy atom. The molecule has 196 valence electrons. The van der Waals surface area contributed by atoms with Crippen molar-refractivity contribution < 1.29 is 14.3 Å². The summed E-state index contributed by atoms with van der Waals surface area (Å²) in [5.74, 6) is -1.45. The molecule has 2 amide bonds. The summed E-state index contributed by atoms with van der Waals surface area (Å²) in [5.41, 5.74) is 0.859. The summed E-state index contributed by atoms with van der Waals surface area (Å²) >= 11 is 6.31. The number of hydrogen-bond donors (Lipinski definition) is 1. The van der Waals surface area contributed by atoms with Gasteiger partial charge in [-0.15, -0.1) is 0 Å². The molecule has 8 nitrogen and oxygen atoms in total. The molecule has 1 aromatic heterocycles. The van der Waals surface area contributed by atoms with E-state index >= 15 is 0 Å². The first-order chi connectivity index (χ1) is 18.8. The highest BCUT2D eigenvalue weighted by Gasteiger charge is 2.70. The lowest BCUT2D eigenvalue weighted by atomic mass is 9.75. The number of para-hydroxylation sites is 2. The number of hydrogen-bond acceptors (Lipinski definition) is 6. The summed E-state index contributed by atoms with van der Waals surface area (Å²) in [6, 6.07) is 19.2. The number of carbonyl (C=O) groups excluding carboxylic acids is 2. The van der Waals surface area contributed by atoms with Crippen LogP contribution in [0, 0.1) is 17.8 Å². The van der Waals surface area contributed by atoms with E-state index in [0.29, 0.717) is 38.9 Å². The highest BCUT2D eigenvalue weighted by Crippen LogP contribution is 2.57. The third-order valence-electron chi connectivity index (χ3n) is 8.40. The summed E-state index contributed by atoms with van der Waals surface area (Å²) in [5, 5.41) is 4.57. The number of aromatic nitrogens is 2. The van der Waals surface area contributed by atoms with Gasteiger partial charge in [-0.2, -0.15) is 0 Å². The summed E-state index contributed by atoms with van der Waals surface area (Å²) in [7, 11) is 1.49. The molecule has 1 N–H and O–H groups in total. The second kappa shape index (κ2) is 8.24. The van der Waals surface area contributed by atoms with E-state index in [9.17, 15) is 14.4 Å². The van der Waals surface area contributed by atoms with Crippen LogP contribution in [-0.2, 0) is 15.1 Å². The zero-order valence-electron chi connectivity index (χ0n) is 21.5. The van der Waals surface area contributed by atoms with Gasteiger partial charge in [0.05, 0.1) is 41.2 Å². The van der Waals surface area contributed by atoms with Crippen molar-refractivity contribution in [1.82, 2.24) is 14.9 Å². The average Bonchev–Trinajstić information content (AvgIpc) is 3.52. The maximum absolute atomic E-state index is 14.5. The fraction of sp³-hybridized carbons (Fsp3) is 0.267. The molecule has 0 saturated carbocycles. The Balaban J connectivity index is 1.53. The van der Waals surface area contributed by atoms with Crippen molar-refractivity contribution in [2.75, 3.05) is 12.0 Å². The standard InChI is InChI=1S/C30H25ClN4O4/c1-15(2)25-23-24(28(38)34(27(23)37)21-14-16(31)12-13-22(21)39-3)30(33-25)18-9-5-7-11-20(18)35-26(36)17-8-4-6-10-19(17)32-29(30)35/h4-15,23-25,33H,1-3H3/t23-,24+,25-,30-/m0/s1. The molecule has 2 fully saturated rings. The highest BCUT2D eigenvalue weighted by atomic mass is 35.5. The van der Waals surface area contributed by atoms with E-state index in [1.165, 1.54) is 12.0 Å². The summed E-state index contributed by atoms with van der Waals surface area (Å²) < 4.78 is 7.12. The molecule has 1 spiro atoms. The molecule has 0 radical (unpaired) electrons. The Morgan fingerprint density at radius 3 is 2.49 bits per heavy atom. The quantitative estimate of drug-likeness (QED) is 0.394. The van der Waals surface area contributed by atoms with Crippen molar-refractivity contribution in [3.05, 3.63) is 93.5 Å². The monoisotopic (exact) mass is 540 g/mol.